The predicted octanol–water partition coefficient (Wildman–Crippen LogP) is 3.04. The SMILES string of the molecule is COc1ccc([C@H]2CN(C)[C@@H]3CCN(C(=O)COc4c(OC)cccc4OC)C[C@H]23)cc1. The van der Waals surface area contributed by atoms with E-state index in [1.54, 1.807) is 33.5 Å². The van der Waals surface area contributed by atoms with Crippen molar-refractivity contribution in [2.45, 2.75) is 18.4 Å². The van der Waals surface area contributed by atoms with E-state index in [4.69, 9.17) is 18.9 Å². The summed E-state index contributed by atoms with van der Waals surface area (Å²) in [4.78, 5) is 17.4. The summed E-state index contributed by atoms with van der Waals surface area (Å²) in [5.41, 5.74) is 1.30. The summed E-state index contributed by atoms with van der Waals surface area (Å²) in [6.07, 6.45) is 0.970. The van der Waals surface area contributed by atoms with Crippen LogP contribution >= 0.6 is 0 Å². The van der Waals surface area contributed by atoms with E-state index in [0.717, 1.165) is 31.8 Å². The molecule has 2 aromatic rings. The van der Waals surface area contributed by atoms with Crippen LogP contribution in [0.1, 0.15) is 17.9 Å². The largest absolute Gasteiger partial charge is 0.497 e. The van der Waals surface area contributed by atoms with Gasteiger partial charge in [0.25, 0.3) is 5.91 Å². The Hall–Kier alpha value is -2.93. The van der Waals surface area contributed by atoms with E-state index in [2.05, 4.69) is 24.1 Å². The van der Waals surface area contributed by atoms with Gasteiger partial charge in [0.15, 0.2) is 18.1 Å². The van der Waals surface area contributed by atoms with Gasteiger partial charge in [0.2, 0.25) is 5.75 Å². The number of likely N-dealkylation sites (N-methyl/N-ethyl adjacent to an activating group) is 1. The number of hydrogen-bond acceptors (Lipinski definition) is 6. The van der Waals surface area contributed by atoms with E-state index in [0.29, 0.717) is 35.1 Å². The summed E-state index contributed by atoms with van der Waals surface area (Å²) in [5, 5.41) is 0. The molecule has 0 aliphatic carbocycles. The van der Waals surface area contributed by atoms with Gasteiger partial charge in [0.05, 0.1) is 21.3 Å². The van der Waals surface area contributed by atoms with Crippen molar-refractivity contribution < 1.29 is 23.7 Å². The molecule has 2 aromatic carbocycles. The Kier molecular flexibility index (Phi) is 6.74. The van der Waals surface area contributed by atoms with Gasteiger partial charge >= 0.3 is 0 Å². The third-order valence-electron chi connectivity index (χ3n) is 6.81. The van der Waals surface area contributed by atoms with Crippen LogP contribution in [-0.4, -0.2) is 76.4 Å². The second-order valence-corrected chi connectivity index (χ2v) is 8.46. The topological polar surface area (TPSA) is 60.5 Å². The smallest absolute Gasteiger partial charge is 0.260 e. The highest BCUT2D eigenvalue weighted by atomic mass is 16.5. The highest BCUT2D eigenvalue weighted by molar-refractivity contribution is 5.78. The van der Waals surface area contributed by atoms with E-state index < -0.39 is 0 Å². The van der Waals surface area contributed by atoms with Crippen molar-refractivity contribution >= 4 is 5.91 Å². The van der Waals surface area contributed by atoms with Crippen molar-refractivity contribution in [3.05, 3.63) is 48.0 Å². The Morgan fingerprint density at radius 1 is 0.969 bits per heavy atom. The standard InChI is InChI=1S/C25H32N2O5/c1-26-14-19(17-8-10-18(29-2)11-9-17)20-15-27(13-12-21(20)26)24(28)16-32-25-22(30-3)6-5-7-23(25)31-4/h5-11,19-21H,12-16H2,1-4H3/t19-,20-,21-/m1/s1. The maximum atomic E-state index is 13.1. The number of para-hydroxylation sites is 1. The lowest BCUT2D eigenvalue weighted by Gasteiger charge is -2.38. The van der Waals surface area contributed by atoms with Gasteiger partial charge in [-0.1, -0.05) is 18.2 Å². The normalized spacial score (nSPS) is 22.9. The summed E-state index contributed by atoms with van der Waals surface area (Å²) in [5.74, 6) is 3.19. The molecule has 0 spiro atoms. The minimum Gasteiger partial charge on any atom is -0.497 e. The zero-order valence-corrected chi connectivity index (χ0v) is 19.2. The maximum Gasteiger partial charge on any atom is 0.260 e. The average Bonchev–Trinajstić information content (AvgIpc) is 3.17. The van der Waals surface area contributed by atoms with Crippen LogP contribution in [0.4, 0.5) is 0 Å². The lowest BCUT2D eigenvalue weighted by molar-refractivity contribution is -0.135. The second kappa shape index (κ2) is 9.69. The van der Waals surface area contributed by atoms with Crippen LogP contribution in [0, 0.1) is 5.92 Å². The highest BCUT2D eigenvalue weighted by Gasteiger charge is 2.44. The lowest BCUT2D eigenvalue weighted by Crippen LogP contribution is -2.49. The van der Waals surface area contributed by atoms with Crippen LogP contribution in [0.2, 0.25) is 0 Å². The van der Waals surface area contributed by atoms with Crippen molar-refractivity contribution in [1.29, 1.82) is 0 Å². The van der Waals surface area contributed by atoms with Crippen molar-refractivity contribution in [2.24, 2.45) is 5.92 Å². The van der Waals surface area contributed by atoms with Crippen LogP contribution in [-0.2, 0) is 4.79 Å². The molecule has 2 saturated heterocycles. The summed E-state index contributed by atoms with van der Waals surface area (Å²) in [6, 6.07) is 14.2. The molecule has 0 unspecified atom stereocenters. The monoisotopic (exact) mass is 440 g/mol. The lowest BCUT2D eigenvalue weighted by atomic mass is 9.82. The zero-order valence-electron chi connectivity index (χ0n) is 19.2. The number of methoxy groups -OCH3 is 3. The van der Waals surface area contributed by atoms with Gasteiger partial charge in [-0.3, -0.25) is 4.79 Å². The molecule has 172 valence electrons. The quantitative estimate of drug-likeness (QED) is 0.660. The van der Waals surface area contributed by atoms with Crippen LogP contribution in [0.15, 0.2) is 42.5 Å². The third-order valence-corrected chi connectivity index (χ3v) is 6.81. The van der Waals surface area contributed by atoms with E-state index >= 15 is 0 Å². The van der Waals surface area contributed by atoms with Gasteiger partial charge in [-0.25, -0.2) is 0 Å². The first-order valence-corrected chi connectivity index (χ1v) is 11.0. The first-order chi connectivity index (χ1) is 15.5. The highest BCUT2D eigenvalue weighted by Crippen LogP contribution is 2.41. The van der Waals surface area contributed by atoms with E-state index in [1.807, 2.05) is 23.1 Å². The van der Waals surface area contributed by atoms with Crippen molar-refractivity contribution in [2.75, 3.05) is 54.6 Å². The molecule has 7 nitrogen and oxygen atoms in total. The van der Waals surface area contributed by atoms with E-state index in [9.17, 15) is 4.79 Å². The molecule has 2 aliphatic heterocycles. The summed E-state index contributed by atoms with van der Waals surface area (Å²) < 4.78 is 21.9. The first-order valence-electron chi connectivity index (χ1n) is 11.0. The summed E-state index contributed by atoms with van der Waals surface area (Å²) in [6.45, 7) is 2.43. The maximum absolute atomic E-state index is 13.1. The van der Waals surface area contributed by atoms with Crippen LogP contribution < -0.4 is 18.9 Å². The minimum absolute atomic E-state index is 0.0144. The molecule has 0 radical (unpaired) electrons. The molecule has 0 aromatic heterocycles. The van der Waals surface area contributed by atoms with Gasteiger partial charge in [0.1, 0.15) is 5.75 Å². The fourth-order valence-corrected chi connectivity index (χ4v) is 5.11. The number of amides is 1. The molecule has 1 amide bonds. The Balaban J connectivity index is 1.44. The molecular weight excluding hydrogens is 408 g/mol. The Labute approximate surface area is 189 Å². The fraction of sp³-hybridized carbons (Fsp3) is 0.480. The Morgan fingerprint density at radius 3 is 2.28 bits per heavy atom. The van der Waals surface area contributed by atoms with E-state index in [-0.39, 0.29) is 12.5 Å². The van der Waals surface area contributed by atoms with Crippen molar-refractivity contribution in [3.8, 4) is 23.0 Å². The third kappa shape index (κ3) is 4.35. The fourth-order valence-electron chi connectivity index (χ4n) is 5.11. The molecule has 0 bridgehead atoms. The molecule has 3 atom stereocenters. The molecule has 2 aliphatic rings. The molecule has 0 N–H and O–H groups in total. The number of carbonyl (C=O) groups excluding carboxylic acids is 1. The predicted molar refractivity (Wildman–Crippen MR) is 122 cm³/mol. The van der Waals surface area contributed by atoms with Gasteiger partial charge in [-0.2, -0.15) is 0 Å². The number of hydrogen-bond donors (Lipinski definition) is 0. The molecular formula is C25H32N2O5. The molecule has 0 saturated carbocycles. The van der Waals surface area contributed by atoms with Gasteiger partial charge in [-0.05, 0) is 43.3 Å². The number of ether oxygens (including phenoxy) is 4. The first kappa shape index (κ1) is 22.3. The molecule has 7 heteroatoms. The number of nitrogens with zero attached hydrogens (tertiary/aromatic N) is 2. The molecule has 32 heavy (non-hydrogen) atoms. The van der Waals surface area contributed by atoms with Crippen LogP contribution in [0.25, 0.3) is 0 Å². The molecule has 2 heterocycles. The van der Waals surface area contributed by atoms with Crippen LogP contribution in [0.5, 0.6) is 23.0 Å². The zero-order chi connectivity index (χ0) is 22.7. The van der Waals surface area contributed by atoms with Crippen molar-refractivity contribution in [3.63, 3.8) is 0 Å². The van der Waals surface area contributed by atoms with Gasteiger partial charge in [0, 0.05) is 37.5 Å². The Bertz CT molecular complexity index is 910. The number of benzene rings is 2. The van der Waals surface area contributed by atoms with E-state index in [1.165, 1.54) is 5.56 Å². The second-order valence-electron chi connectivity index (χ2n) is 8.46. The molecule has 2 fully saturated rings. The van der Waals surface area contributed by atoms with Crippen LogP contribution in [0.3, 0.4) is 0 Å². The van der Waals surface area contributed by atoms with Gasteiger partial charge in [-0.15, -0.1) is 0 Å². The molecule has 4 rings (SSSR count). The minimum atomic E-state index is -0.0445. The average molecular weight is 441 g/mol. The number of piperidine rings is 1. The summed E-state index contributed by atoms with van der Waals surface area (Å²) in [7, 11) is 7.02. The Morgan fingerprint density at radius 2 is 1.66 bits per heavy atom. The number of rotatable bonds is 7. The number of fused-ring (bicyclic) bond motifs is 1. The summed E-state index contributed by atoms with van der Waals surface area (Å²) >= 11 is 0. The van der Waals surface area contributed by atoms with Gasteiger partial charge < -0.3 is 28.7 Å². The van der Waals surface area contributed by atoms with Crippen molar-refractivity contribution in [1.82, 2.24) is 9.80 Å². The number of carbonyl (C=O) groups is 1. The number of likely N-dealkylation sites (tertiary alicyclic amines) is 2.